The third-order valence-corrected chi connectivity index (χ3v) is 2.58. The molecule has 0 radical (unpaired) electrons. The summed E-state index contributed by atoms with van der Waals surface area (Å²) >= 11 is 1.67. The molecule has 1 atom stereocenters. The molecule has 0 amide bonds. The van der Waals surface area contributed by atoms with Crippen molar-refractivity contribution >= 4 is 17.1 Å². The molecule has 1 heterocycles. The lowest BCUT2D eigenvalue weighted by atomic mass is 10.1. The number of ketones is 1. The predicted octanol–water partition coefficient (Wildman–Crippen LogP) is 1.52. The van der Waals surface area contributed by atoms with E-state index in [1.807, 2.05) is 18.4 Å². The minimum absolute atomic E-state index is 0.104. The fourth-order valence-electron chi connectivity index (χ4n) is 0.953. The van der Waals surface area contributed by atoms with Gasteiger partial charge in [0, 0.05) is 11.3 Å². The van der Waals surface area contributed by atoms with Gasteiger partial charge in [0.2, 0.25) is 0 Å². The molecule has 1 unspecified atom stereocenters. The predicted molar refractivity (Wildman–Crippen MR) is 51.4 cm³/mol. The van der Waals surface area contributed by atoms with Crippen molar-refractivity contribution in [2.24, 2.45) is 5.73 Å². The van der Waals surface area contributed by atoms with E-state index >= 15 is 0 Å². The standard InChI is InChI=1S/C9H13NOS/c1-6-3-8(5-12-6)4-9(11)7(2)10/h3,5,7H,4,10H2,1-2H3. The van der Waals surface area contributed by atoms with Crippen molar-refractivity contribution in [3.8, 4) is 0 Å². The Balaban J connectivity index is 2.58. The van der Waals surface area contributed by atoms with Gasteiger partial charge in [-0.05, 0) is 30.9 Å². The molecule has 0 saturated heterocycles. The van der Waals surface area contributed by atoms with Crippen LogP contribution in [0.15, 0.2) is 11.4 Å². The van der Waals surface area contributed by atoms with Crippen molar-refractivity contribution in [2.75, 3.05) is 0 Å². The number of nitrogens with two attached hydrogens (primary N) is 1. The van der Waals surface area contributed by atoms with Crippen LogP contribution >= 0.6 is 11.3 Å². The molecular formula is C9H13NOS. The van der Waals surface area contributed by atoms with Crippen LogP contribution in [-0.4, -0.2) is 11.8 Å². The van der Waals surface area contributed by atoms with Gasteiger partial charge < -0.3 is 5.73 Å². The highest BCUT2D eigenvalue weighted by Gasteiger charge is 2.08. The van der Waals surface area contributed by atoms with E-state index in [0.29, 0.717) is 6.42 Å². The zero-order chi connectivity index (χ0) is 9.14. The first kappa shape index (κ1) is 9.42. The lowest BCUT2D eigenvalue weighted by molar-refractivity contribution is -0.119. The number of carbonyl (C=O) groups is 1. The average molecular weight is 183 g/mol. The highest BCUT2D eigenvalue weighted by Crippen LogP contribution is 2.13. The van der Waals surface area contributed by atoms with E-state index in [0.717, 1.165) is 5.56 Å². The molecule has 0 aliphatic heterocycles. The van der Waals surface area contributed by atoms with Gasteiger partial charge in [0.25, 0.3) is 0 Å². The second kappa shape index (κ2) is 3.83. The minimum atomic E-state index is -0.342. The van der Waals surface area contributed by atoms with Crippen LogP contribution in [0.1, 0.15) is 17.4 Å². The zero-order valence-corrected chi connectivity index (χ0v) is 8.15. The van der Waals surface area contributed by atoms with Gasteiger partial charge in [-0.3, -0.25) is 4.79 Å². The first-order valence-electron chi connectivity index (χ1n) is 3.92. The summed E-state index contributed by atoms with van der Waals surface area (Å²) in [6.45, 7) is 3.76. The molecule has 1 aromatic heterocycles. The molecule has 1 aromatic rings. The minimum Gasteiger partial charge on any atom is -0.322 e. The lowest BCUT2D eigenvalue weighted by Gasteiger charge is -2.01. The van der Waals surface area contributed by atoms with Crippen LogP contribution in [-0.2, 0) is 11.2 Å². The maximum atomic E-state index is 11.2. The van der Waals surface area contributed by atoms with E-state index in [4.69, 9.17) is 5.73 Å². The summed E-state index contributed by atoms with van der Waals surface area (Å²) in [6.07, 6.45) is 0.474. The van der Waals surface area contributed by atoms with E-state index in [9.17, 15) is 4.79 Å². The van der Waals surface area contributed by atoms with Crippen molar-refractivity contribution in [3.63, 3.8) is 0 Å². The summed E-state index contributed by atoms with van der Waals surface area (Å²) in [5.41, 5.74) is 6.53. The van der Waals surface area contributed by atoms with E-state index in [-0.39, 0.29) is 11.8 Å². The van der Waals surface area contributed by atoms with E-state index in [1.54, 1.807) is 18.3 Å². The van der Waals surface area contributed by atoms with Crippen LogP contribution < -0.4 is 5.73 Å². The average Bonchev–Trinajstić information content (AvgIpc) is 2.35. The smallest absolute Gasteiger partial charge is 0.153 e. The quantitative estimate of drug-likeness (QED) is 0.772. The van der Waals surface area contributed by atoms with Crippen molar-refractivity contribution in [3.05, 3.63) is 21.9 Å². The van der Waals surface area contributed by atoms with Crippen molar-refractivity contribution in [1.82, 2.24) is 0 Å². The number of aryl methyl sites for hydroxylation is 1. The van der Waals surface area contributed by atoms with E-state index in [1.165, 1.54) is 4.88 Å². The topological polar surface area (TPSA) is 43.1 Å². The molecule has 0 fully saturated rings. The Morgan fingerprint density at radius 3 is 2.83 bits per heavy atom. The summed E-state index contributed by atoms with van der Waals surface area (Å²) in [4.78, 5) is 12.4. The summed E-state index contributed by atoms with van der Waals surface area (Å²) in [5.74, 6) is 0.104. The Bertz CT molecular complexity index is 278. The number of carbonyl (C=O) groups excluding carboxylic acids is 1. The zero-order valence-electron chi connectivity index (χ0n) is 7.33. The highest BCUT2D eigenvalue weighted by molar-refractivity contribution is 7.10. The summed E-state index contributed by atoms with van der Waals surface area (Å²) in [7, 11) is 0. The molecule has 2 nitrogen and oxygen atoms in total. The Hall–Kier alpha value is -0.670. The first-order chi connectivity index (χ1) is 5.59. The Labute approximate surface area is 76.4 Å². The lowest BCUT2D eigenvalue weighted by Crippen LogP contribution is -2.27. The Morgan fingerprint density at radius 2 is 2.42 bits per heavy atom. The number of Topliss-reactive ketones (excluding diaryl/α,β-unsaturated/α-hetero) is 1. The van der Waals surface area contributed by atoms with Crippen LogP contribution in [0.2, 0.25) is 0 Å². The number of rotatable bonds is 3. The van der Waals surface area contributed by atoms with Crippen LogP contribution in [0.25, 0.3) is 0 Å². The fourth-order valence-corrected chi connectivity index (χ4v) is 1.66. The fraction of sp³-hybridized carbons (Fsp3) is 0.444. The molecule has 2 N–H and O–H groups in total. The SMILES string of the molecule is Cc1cc(CC(=O)C(C)N)cs1. The molecule has 0 saturated carbocycles. The third-order valence-electron chi connectivity index (χ3n) is 1.67. The van der Waals surface area contributed by atoms with Crippen LogP contribution in [0, 0.1) is 6.92 Å². The molecular weight excluding hydrogens is 170 g/mol. The van der Waals surface area contributed by atoms with Crippen molar-refractivity contribution < 1.29 is 4.79 Å². The number of thiophene rings is 1. The number of hydrogen-bond donors (Lipinski definition) is 1. The summed E-state index contributed by atoms with van der Waals surface area (Å²) < 4.78 is 0. The number of hydrogen-bond acceptors (Lipinski definition) is 3. The largest absolute Gasteiger partial charge is 0.322 e. The molecule has 0 aliphatic carbocycles. The molecule has 3 heteroatoms. The molecule has 1 rings (SSSR count). The van der Waals surface area contributed by atoms with Gasteiger partial charge in [-0.1, -0.05) is 0 Å². The maximum Gasteiger partial charge on any atom is 0.153 e. The summed E-state index contributed by atoms with van der Waals surface area (Å²) in [5, 5.41) is 2.01. The van der Waals surface area contributed by atoms with Gasteiger partial charge in [0.1, 0.15) is 0 Å². The van der Waals surface area contributed by atoms with Gasteiger partial charge in [0.05, 0.1) is 6.04 Å². The monoisotopic (exact) mass is 183 g/mol. The summed E-state index contributed by atoms with van der Waals surface area (Å²) in [6, 6.07) is 1.69. The van der Waals surface area contributed by atoms with Gasteiger partial charge in [-0.15, -0.1) is 11.3 Å². The van der Waals surface area contributed by atoms with Gasteiger partial charge in [-0.25, -0.2) is 0 Å². The van der Waals surface area contributed by atoms with Gasteiger partial charge in [-0.2, -0.15) is 0 Å². The molecule has 0 spiro atoms. The Kier molecular flexibility index (Phi) is 3.00. The van der Waals surface area contributed by atoms with Gasteiger partial charge in [0.15, 0.2) is 5.78 Å². The third kappa shape index (κ3) is 2.43. The molecule has 66 valence electrons. The van der Waals surface area contributed by atoms with Crippen LogP contribution in [0.5, 0.6) is 0 Å². The van der Waals surface area contributed by atoms with Crippen molar-refractivity contribution in [2.45, 2.75) is 26.3 Å². The van der Waals surface area contributed by atoms with Crippen molar-refractivity contribution in [1.29, 1.82) is 0 Å². The van der Waals surface area contributed by atoms with Crippen LogP contribution in [0.4, 0.5) is 0 Å². The molecule has 0 bridgehead atoms. The Morgan fingerprint density at radius 1 is 1.75 bits per heavy atom. The second-order valence-electron chi connectivity index (χ2n) is 3.00. The van der Waals surface area contributed by atoms with Gasteiger partial charge >= 0.3 is 0 Å². The molecule has 0 aliphatic rings. The molecule has 0 aromatic carbocycles. The van der Waals surface area contributed by atoms with Crippen LogP contribution in [0.3, 0.4) is 0 Å². The normalized spacial score (nSPS) is 12.9. The van der Waals surface area contributed by atoms with E-state index in [2.05, 4.69) is 0 Å². The van der Waals surface area contributed by atoms with E-state index < -0.39 is 0 Å². The highest BCUT2D eigenvalue weighted by atomic mass is 32.1. The molecule has 12 heavy (non-hydrogen) atoms. The first-order valence-corrected chi connectivity index (χ1v) is 4.80. The maximum absolute atomic E-state index is 11.2. The second-order valence-corrected chi connectivity index (χ2v) is 4.11.